The zero-order valence-corrected chi connectivity index (χ0v) is 14.5. The number of rotatable bonds is 5. The number of hydrogen-bond donors (Lipinski definition) is 1. The number of anilines is 1. The second-order valence-corrected chi connectivity index (χ2v) is 6.27. The summed E-state index contributed by atoms with van der Waals surface area (Å²) in [7, 11) is 0. The molecule has 0 radical (unpaired) electrons. The van der Waals surface area contributed by atoms with Gasteiger partial charge in [0.15, 0.2) is 6.61 Å². The smallest absolute Gasteiger partial charge is 0.341 e. The first-order chi connectivity index (χ1) is 11.0. The molecule has 1 amide bonds. The SMILES string of the molecule is CSc1ccc(NC(=O)COC(=O)c2cc(Br)ccc2F)cc1. The predicted molar refractivity (Wildman–Crippen MR) is 91.2 cm³/mol. The van der Waals surface area contributed by atoms with Crippen LogP contribution in [0.4, 0.5) is 10.1 Å². The largest absolute Gasteiger partial charge is 0.452 e. The highest BCUT2D eigenvalue weighted by Crippen LogP contribution is 2.18. The molecule has 0 saturated carbocycles. The Balaban J connectivity index is 1.90. The molecular weight excluding hydrogens is 385 g/mol. The van der Waals surface area contributed by atoms with Crippen molar-refractivity contribution in [3.8, 4) is 0 Å². The van der Waals surface area contributed by atoms with Crippen molar-refractivity contribution in [3.05, 3.63) is 58.3 Å². The summed E-state index contributed by atoms with van der Waals surface area (Å²) in [4.78, 5) is 24.6. The minimum absolute atomic E-state index is 0.225. The Labute approximate surface area is 145 Å². The number of carbonyl (C=O) groups excluding carboxylic acids is 2. The molecule has 1 N–H and O–H groups in total. The highest BCUT2D eigenvalue weighted by atomic mass is 79.9. The summed E-state index contributed by atoms with van der Waals surface area (Å²) in [5, 5.41) is 2.60. The molecule has 0 saturated heterocycles. The zero-order chi connectivity index (χ0) is 16.8. The number of carbonyl (C=O) groups is 2. The first-order valence-electron chi connectivity index (χ1n) is 6.55. The summed E-state index contributed by atoms with van der Waals surface area (Å²) >= 11 is 4.73. The van der Waals surface area contributed by atoms with E-state index in [9.17, 15) is 14.0 Å². The molecule has 23 heavy (non-hydrogen) atoms. The van der Waals surface area contributed by atoms with Gasteiger partial charge in [-0.3, -0.25) is 4.79 Å². The molecule has 2 aromatic carbocycles. The lowest BCUT2D eigenvalue weighted by molar-refractivity contribution is -0.119. The van der Waals surface area contributed by atoms with Crippen molar-refractivity contribution >= 4 is 45.3 Å². The maximum atomic E-state index is 13.5. The van der Waals surface area contributed by atoms with Gasteiger partial charge in [0.2, 0.25) is 0 Å². The first-order valence-corrected chi connectivity index (χ1v) is 8.57. The second-order valence-electron chi connectivity index (χ2n) is 4.48. The van der Waals surface area contributed by atoms with Crippen LogP contribution >= 0.6 is 27.7 Å². The highest BCUT2D eigenvalue weighted by molar-refractivity contribution is 9.10. The zero-order valence-electron chi connectivity index (χ0n) is 12.1. The van der Waals surface area contributed by atoms with E-state index in [1.165, 1.54) is 12.1 Å². The Bertz CT molecular complexity index is 722. The molecule has 120 valence electrons. The molecule has 0 atom stereocenters. The van der Waals surface area contributed by atoms with Crippen LogP contribution in [0.2, 0.25) is 0 Å². The molecule has 2 aromatic rings. The third-order valence-electron chi connectivity index (χ3n) is 2.86. The van der Waals surface area contributed by atoms with Crippen molar-refractivity contribution in [1.82, 2.24) is 0 Å². The van der Waals surface area contributed by atoms with Crippen LogP contribution in [0.25, 0.3) is 0 Å². The molecule has 0 fully saturated rings. The van der Waals surface area contributed by atoms with E-state index >= 15 is 0 Å². The van der Waals surface area contributed by atoms with Gasteiger partial charge in [-0.25, -0.2) is 9.18 Å². The van der Waals surface area contributed by atoms with E-state index in [1.54, 1.807) is 23.9 Å². The molecule has 0 bridgehead atoms. The number of thioether (sulfide) groups is 1. The van der Waals surface area contributed by atoms with Crippen molar-refractivity contribution in [2.45, 2.75) is 4.90 Å². The normalized spacial score (nSPS) is 10.2. The van der Waals surface area contributed by atoms with Gasteiger partial charge in [0, 0.05) is 15.1 Å². The number of amides is 1. The third kappa shape index (κ3) is 5.07. The highest BCUT2D eigenvalue weighted by Gasteiger charge is 2.15. The van der Waals surface area contributed by atoms with Gasteiger partial charge in [-0.05, 0) is 48.7 Å². The monoisotopic (exact) mass is 397 g/mol. The van der Waals surface area contributed by atoms with E-state index in [4.69, 9.17) is 4.74 Å². The van der Waals surface area contributed by atoms with Crippen molar-refractivity contribution in [3.63, 3.8) is 0 Å². The molecular formula is C16H13BrFNO3S. The van der Waals surface area contributed by atoms with Gasteiger partial charge in [-0.2, -0.15) is 0 Å². The van der Waals surface area contributed by atoms with Gasteiger partial charge in [0.1, 0.15) is 5.82 Å². The van der Waals surface area contributed by atoms with E-state index < -0.39 is 24.3 Å². The summed E-state index contributed by atoms with van der Waals surface area (Å²) in [5.74, 6) is -2.09. The van der Waals surface area contributed by atoms with E-state index in [1.807, 2.05) is 18.4 Å². The standard InChI is InChI=1S/C16H13BrFNO3S/c1-23-12-5-3-11(4-6-12)19-15(20)9-22-16(21)13-8-10(17)2-7-14(13)18/h2-8H,9H2,1H3,(H,19,20). The minimum Gasteiger partial charge on any atom is -0.452 e. The summed E-state index contributed by atoms with van der Waals surface area (Å²) < 4.78 is 18.9. The van der Waals surface area contributed by atoms with Crippen molar-refractivity contribution in [2.24, 2.45) is 0 Å². The lowest BCUT2D eigenvalue weighted by atomic mass is 10.2. The predicted octanol–water partition coefficient (Wildman–Crippen LogP) is 4.11. The van der Waals surface area contributed by atoms with Gasteiger partial charge in [-0.1, -0.05) is 15.9 Å². The fourth-order valence-corrected chi connectivity index (χ4v) is 2.50. The average Bonchev–Trinajstić information content (AvgIpc) is 2.55. The van der Waals surface area contributed by atoms with Crippen LogP contribution in [0.3, 0.4) is 0 Å². The van der Waals surface area contributed by atoms with Crippen LogP contribution in [0.1, 0.15) is 10.4 Å². The van der Waals surface area contributed by atoms with Crippen LogP contribution in [0.5, 0.6) is 0 Å². The van der Waals surface area contributed by atoms with Gasteiger partial charge >= 0.3 is 5.97 Å². The number of nitrogens with one attached hydrogen (secondary N) is 1. The summed E-state index contributed by atoms with van der Waals surface area (Å²) in [6, 6.07) is 11.1. The van der Waals surface area contributed by atoms with Crippen LogP contribution in [0.15, 0.2) is 51.8 Å². The molecule has 2 rings (SSSR count). The van der Waals surface area contributed by atoms with Gasteiger partial charge in [-0.15, -0.1) is 11.8 Å². The van der Waals surface area contributed by atoms with Crippen LogP contribution in [-0.2, 0) is 9.53 Å². The Morgan fingerprint density at radius 1 is 1.22 bits per heavy atom. The fourth-order valence-electron chi connectivity index (χ4n) is 1.73. The maximum Gasteiger partial charge on any atom is 0.341 e. The van der Waals surface area contributed by atoms with E-state index in [0.717, 1.165) is 11.0 Å². The fraction of sp³-hybridized carbons (Fsp3) is 0.125. The summed E-state index contributed by atoms with van der Waals surface area (Å²) in [5.41, 5.74) is 0.369. The number of halogens is 2. The molecule has 0 aliphatic carbocycles. The number of hydrogen-bond acceptors (Lipinski definition) is 4. The molecule has 0 spiro atoms. The first kappa shape index (κ1) is 17.5. The third-order valence-corrected chi connectivity index (χ3v) is 4.09. The van der Waals surface area contributed by atoms with Crippen molar-refractivity contribution in [1.29, 1.82) is 0 Å². The number of esters is 1. The molecule has 4 nitrogen and oxygen atoms in total. The molecule has 0 aliphatic heterocycles. The molecule has 0 unspecified atom stereocenters. The topological polar surface area (TPSA) is 55.4 Å². The Morgan fingerprint density at radius 2 is 1.91 bits per heavy atom. The molecule has 0 aromatic heterocycles. The molecule has 0 aliphatic rings. The summed E-state index contributed by atoms with van der Waals surface area (Å²) in [6.45, 7) is -0.491. The maximum absolute atomic E-state index is 13.5. The lowest BCUT2D eigenvalue weighted by Crippen LogP contribution is -2.21. The van der Waals surface area contributed by atoms with E-state index in [-0.39, 0.29) is 5.56 Å². The number of benzene rings is 2. The molecule has 0 heterocycles. The number of ether oxygens (including phenoxy) is 1. The average molecular weight is 398 g/mol. The van der Waals surface area contributed by atoms with Crippen LogP contribution in [0, 0.1) is 5.82 Å². The lowest BCUT2D eigenvalue weighted by Gasteiger charge is -2.08. The van der Waals surface area contributed by atoms with Crippen molar-refractivity contribution < 1.29 is 18.7 Å². The van der Waals surface area contributed by atoms with E-state index in [2.05, 4.69) is 21.2 Å². The minimum atomic E-state index is -0.892. The molecule has 7 heteroatoms. The Hall–Kier alpha value is -1.86. The van der Waals surface area contributed by atoms with Gasteiger partial charge in [0.05, 0.1) is 5.56 Å². The Kier molecular flexibility index (Phi) is 6.18. The van der Waals surface area contributed by atoms with Gasteiger partial charge < -0.3 is 10.1 Å². The van der Waals surface area contributed by atoms with E-state index in [0.29, 0.717) is 10.2 Å². The van der Waals surface area contributed by atoms with Crippen LogP contribution in [-0.4, -0.2) is 24.7 Å². The van der Waals surface area contributed by atoms with Crippen LogP contribution < -0.4 is 5.32 Å². The second kappa shape index (κ2) is 8.12. The summed E-state index contributed by atoms with van der Waals surface area (Å²) in [6.07, 6.45) is 1.95. The van der Waals surface area contributed by atoms with Crippen molar-refractivity contribution in [2.75, 3.05) is 18.2 Å². The quantitative estimate of drug-likeness (QED) is 0.609. The Morgan fingerprint density at radius 3 is 2.57 bits per heavy atom. The van der Waals surface area contributed by atoms with Gasteiger partial charge in [0.25, 0.3) is 5.91 Å².